The Morgan fingerprint density at radius 3 is 2.76 bits per heavy atom. The molecule has 3 N–H and O–H groups in total. The monoisotopic (exact) mass is 237 g/mol. The molecule has 0 unspecified atom stereocenters. The third kappa shape index (κ3) is 4.34. The molecule has 0 radical (unpaired) electrons. The molecule has 0 aliphatic carbocycles. The maximum absolute atomic E-state index is 11.0. The van der Waals surface area contributed by atoms with E-state index in [0.29, 0.717) is 24.0 Å². The standard InChI is InChI=1S/C13H19NO3/c1-9(2)4-3-7-17-12-6-5-10(14)8-11(12)13(15)16/h5-6,8-9H,3-4,7,14H2,1-2H3,(H,15,16). The summed E-state index contributed by atoms with van der Waals surface area (Å²) in [6, 6.07) is 4.67. The molecule has 0 heterocycles. The van der Waals surface area contributed by atoms with Crippen LogP contribution in [-0.2, 0) is 0 Å². The van der Waals surface area contributed by atoms with Crippen LogP contribution in [-0.4, -0.2) is 17.7 Å². The molecule has 0 aromatic heterocycles. The van der Waals surface area contributed by atoms with Gasteiger partial charge in [-0.2, -0.15) is 0 Å². The van der Waals surface area contributed by atoms with E-state index in [4.69, 9.17) is 15.6 Å². The van der Waals surface area contributed by atoms with Crippen LogP contribution in [0.3, 0.4) is 0 Å². The number of carbonyl (C=O) groups is 1. The van der Waals surface area contributed by atoms with Crippen LogP contribution in [0.15, 0.2) is 18.2 Å². The molecule has 0 amide bonds. The average Bonchev–Trinajstić information content (AvgIpc) is 2.25. The van der Waals surface area contributed by atoms with Gasteiger partial charge in [0.1, 0.15) is 11.3 Å². The van der Waals surface area contributed by atoms with Gasteiger partial charge in [-0.3, -0.25) is 0 Å². The maximum Gasteiger partial charge on any atom is 0.339 e. The van der Waals surface area contributed by atoms with Crippen molar-refractivity contribution in [1.29, 1.82) is 0 Å². The van der Waals surface area contributed by atoms with Crippen molar-refractivity contribution >= 4 is 11.7 Å². The van der Waals surface area contributed by atoms with Crippen molar-refractivity contribution in [2.45, 2.75) is 26.7 Å². The highest BCUT2D eigenvalue weighted by atomic mass is 16.5. The minimum Gasteiger partial charge on any atom is -0.493 e. The van der Waals surface area contributed by atoms with Crippen LogP contribution in [0.5, 0.6) is 5.75 Å². The van der Waals surface area contributed by atoms with E-state index >= 15 is 0 Å². The average molecular weight is 237 g/mol. The molecule has 0 saturated carbocycles. The van der Waals surface area contributed by atoms with Gasteiger partial charge >= 0.3 is 5.97 Å². The predicted octanol–water partition coefficient (Wildman–Crippen LogP) is 2.78. The molecule has 4 nitrogen and oxygen atoms in total. The summed E-state index contributed by atoms with van der Waals surface area (Å²) in [5.74, 6) is -0.00409. The first-order chi connectivity index (χ1) is 8.00. The first kappa shape index (κ1) is 13.4. The number of ether oxygens (including phenoxy) is 1. The van der Waals surface area contributed by atoms with Crippen molar-refractivity contribution in [1.82, 2.24) is 0 Å². The van der Waals surface area contributed by atoms with Gasteiger partial charge in [0.2, 0.25) is 0 Å². The van der Waals surface area contributed by atoms with E-state index in [9.17, 15) is 4.79 Å². The van der Waals surface area contributed by atoms with E-state index in [1.807, 2.05) is 0 Å². The third-order valence-corrected chi connectivity index (χ3v) is 2.42. The number of nitrogen functional groups attached to an aromatic ring is 1. The SMILES string of the molecule is CC(C)CCCOc1ccc(N)cc1C(=O)O. The number of anilines is 1. The van der Waals surface area contributed by atoms with Crippen molar-refractivity contribution < 1.29 is 14.6 Å². The fourth-order valence-electron chi connectivity index (χ4n) is 1.51. The Labute approximate surface area is 101 Å². The molecule has 1 aromatic rings. The molecule has 0 saturated heterocycles. The highest BCUT2D eigenvalue weighted by molar-refractivity contribution is 5.92. The first-order valence-corrected chi connectivity index (χ1v) is 5.76. The molecular formula is C13H19NO3. The summed E-state index contributed by atoms with van der Waals surface area (Å²) in [5.41, 5.74) is 6.09. The van der Waals surface area contributed by atoms with E-state index in [2.05, 4.69) is 13.8 Å². The number of carboxylic acids is 1. The van der Waals surface area contributed by atoms with Crippen molar-refractivity contribution in [3.05, 3.63) is 23.8 Å². The smallest absolute Gasteiger partial charge is 0.339 e. The molecule has 0 aliphatic heterocycles. The maximum atomic E-state index is 11.0. The zero-order valence-corrected chi connectivity index (χ0v) is 10.3. The van der Waals surface area contributed by atoms with E-state index in [0.717, 1.165) is 12.8 Å². The summed E-state index contributed by atoms with van der Waals surface area (Å²) in [6.45, 7) is 4.82. The Hall–Kier alpha value is -1.71. The van der Waals surface area contributed by atoms with E-state index < -0.39 is 5.97 Å². The van der Waals surface area contributed by atoms with Gasteiger partial charge in [-0.05, 0) is 37.0 Å². The second-order valence-corrected chi connectivity index (χ2v) is 4.45. The van der Waals surface area contributed by atoms with Crippen LogP contribution in [0.1, 0.15) is 37.0 Å². The largest absolute Gasteiger partial charge is 0.493 e. The fraction of sp³-hybridized carbons (Fsp3) is 0.462. The van der Waals surface area contributed by atoms with Crippen molar-refractivity contribution in [2.24, 2.45) is 5.92 Å². The van der Waals surface area contributed by atoms with Crippen LogP contribution < -0.4 is 10.5 Å². The minimum atomic E-state index is -1.02. The van der Waals surface area contributed by atoms with Crippen LogP contribution >= 0.6 is 0 Å². The normalized spacial score (nSPS) is 10.5. The Morgan fingerprint density at radius 2 is 2.18 bits per heavy atom. The summed E-state index contributed by atoms with van der Waals surface area (Å²) < 4.78 is 5.47. The van der Waals surface area contributed by atoms with Gasteiger partial charge in [0.05, 0.1) is 6.61 Å². The molecule has 4 heteroatoms. The lowest BCUT2D eigenvalue weighted by Gasteiger charge is -2.10. The van der Waals surface area contributed by atoms with Gasteiger partial charge < -0.3 is 15.6 Å². The highest BCUT2D eigenvalue weighted by Gasteiger charge is 2.11. The zero-order chi connectivity index (χ0) is 12.8. The van der Waals surface area contributed by atoms with Gasteiger partial charge in [0.25, 0.3) is 0 Å². The number of hydrogen-bond donors (Lipinski definition) is 2. The second-order valence-electron chi connectivity index (χ2n) is 4.45. The lowest BCUT2D eigenvalue weighted by Crippen LogP contribution is -2.06. The van der Waals surface area contributed by atoms with Crippen LogP contribution in [0, 0.1) is 5.92 Å². The molecule has 0 spiro atoms. The molecule has 94 valence electrons. The van der Waals surface area contributed by atoms with E-state index in [1.54, 1.807) is 12.1 Å². The lowest BCUT2D eigenvalue weighted by atomic mass is 10.1. The Morgan fingerprint density at radius 1 is 1.47 bits per heavy atom. The Bertz CT molecular complexity index is 388. The number of nitrogens with two attached hydrogens (primary N) is 1. The quantitative estimate of drug-likeness (QED) is 0.589. The van der Waals surface area contributed by atoms with Crippen LogP contribution in [0.4, 0.5) is 5.69 Å². The van der Waals surface area contributed by atoms with Crippen molar-refractivity contribution in [2.75, 3.05) is 12.3 Å². The molecule has 0 fully saturated rings. The summed E-state index contributed by atoms with van der Waals surface area (Å²) in [4.78, 5) is 11.0. The topological polar surface area (TPSA) is 72.5 Å². The minimum absolute atomic E-state index is 0.120. The summed E-state index contributed by atoms with van der Waals surface area (Å²) in [6.07, 6.45) is 1.98. The third-order valence-electron chi connectivity index (χ3n) is 2.42. The van der Waals surface area contributed by atoms with Gasteiger partial charge in [-0.1, -0.05) is 13.8 Å². The molecule has 0 bridgehead atoms. The van der Waals surface area contributed by atoms with Crippen LogP contribution in [0.25, 0.3) is 0 Å². The Balaban J connectivity index is 2.61. The second kappa shape index (κ2) is 6.13. The molecular weight excluding hydrogens is 218 g/mol. The van der Waals surface area contributed by atoms with Gasteiger partial charge in [0.15, 0.2) is 0 Å². The van der Waals surface area contributed by atoms with Gasteiger partial charge in [0, 0.05) is 5.69 Å². The van der Waals surface area contributed by atoms with E-state index in [1.165, 1.54) is 6.07 Å². The first-order valence-electron chi connectivity index (χ1n) is 5.76. The predicted molar refractivity (Wildman–Crippen MR) is 67.4 cm³/mol. The number of carboxylic acid groups (broad SMARTS) is 1. The Kier molecular flexibility index (Phi) is 4.82. The number of hydrogen-bond acceptors (Lipinski definition) is 3. The molecule has 17 heavy (non-hydrogen) atoms. The van der Waals surface area contributed by atoms with Crippen molar-refractivity contribution in [3.63, 3.8) is 0 Å². The van der Waals surface area contributed by atoms with Gasteiger partial charge in [-0.15, -0.1) is 0 Å². The molecule has 1 rings (SSSR count). The summed E-state index contributed by atoms with van der Waals surface area (Å²) in [5, 5.41) is 9.00. The highest BCUT2D eigenvalue weighted by Crippen LogP contribution is 2.21. The zero-order valence-electron chi connectivity index (χ0n) is 10.3. The number of rotatable bonds is 6. The number of aromatic carboxylic acids is 1. The molecule has 0 aliphatic rings. The lowest BCUT2D eigenvalue weighted by molar-refractivity contribution is 0.0692. The van der Waals surface area contributed by atoms with Crippen LogP contribution in [0.2, 0.25) is 0 Å². The molecule has 1 aromatic carbocycles. The summed E-state index contributed by atoms with van der Waals surface area (Å²) in [7, 11) is 0. The van der Waals surface area contributed by atoms with Crippen molar-refractivity contribution in [3.8, 4) is 5.75 Å². The number of benzene rings is 1. The van der Waals surface area contributed by atoms with Gasteiger partial charge in [-0.25, -0.2) is 4.79 Å². The molecule has 0 atom stereocenters. The summed E-state index contributed by atoms with van der Waals surface area (Å²) >= 11 is 0. The van der Waals surface area contributed by atoms with E-state index in [-0.39, 0.29) is 5.56 Å². The fourth-order valence-corrected chi connectivity index (χ4v) is 1.51.